The van der Waals surface area contributed by atoms with E-state index in [2.05, 4.69) is 39.7 Å². The normalized spacial score (nSPS) is 12.2. The van der Waals surface area contributed by atoms with E-state index in [1.54, 1.807) is 6.20 Å². The molecule has 3 heteroatoms. The second-order valence-corrected chi connectivity index (χ2v) is 3.85. The van der Waals surface area contributed by atoms with Gasteiger partial charge < -0.3 is 5.32 Å². The monoisotopic (exact) mass is 240 g/mol. The third kappa shape index (κ3) is 3.59. The molecule has 2 nitrogen and oxygen atoms in total. The molecule has 0 saturated carbocycles. The molecule has 0 aliphatic heterocycles. The molecule has 1 N–H and O–H groups in total. The SMILES string of the molecule is C=CCC(C)Nc1ccc(Br)cn1. The summed E-state index contributed by atoms with van der Waals surface area (Å²) >= 11 is 3.34. The predicted octanol–water partition coefficient (Wildman–Crippen LogP) is 3.22. The Hall–Kier alpha value is -0.830. The molecule has 1 unspecified atom stereocenters. The number of pyridine rings is 1. The second-order valence-electron chi connectivity index (χ2n) is 2.93. The van der Waals surface area contributed by atoms with Gasteiger partial charge in [-0.1, -0.05) is 6.08 Å². The van der Waals surface area contributed by atoms with Gasteiger partial charge in [0.15, 0.2) is 0 Å². The molecule has 0 bridgehead atoms. The van der Waals surface area contributed by atoms with Crippen molar-refractivity contribution in [1.82, 2.24) is 4.98 Å². The van der Waals surface area contributed by atoms with E-state index in [9.17, 15) is 0 Å². The first-order valence-corrected chi connectivity index (χ1v) is 5.00. The molecule has 0 aliphatic rings. The van der Waals surface area contributed by atoms with E-state index in [1.165, 1.54) is 0 Å². The van der Waals surface area contributed by atoms with Crippen LogP contribution >= 0.6 is 15.9 Å². The second kappa shape index (κ2) is 5.02. The predicted molar refractivity (Wildman–Crippen MR) is 59.8 cm³/mol. The summed E-state index contributed by atoms with van der Waals surface area (Å²) in [4.78, 5) is 4.21. The zero-order valence-corrected chi connectivity index (χ0v) is 9.21. The van der Waals surface area contributed by atoms with Gasteiger partial charge in [0.25, 0.3) is 0 Å². The number of hydrogen-bond donors (Lipinski definition) is 1. The Labute approximate surface area is 87.2 Å². The number of hydrogen-bond acceptors (Lipinski definition) is 2. The zero-order valence-electron chi connectivity index (χ0n) is 7.63. The van der Waals surface area contributed by atoms with E-state index in [-0.39, 0.29) is 0 Å². The van der Waals surface area contributed by atoms with Gasteiger partial charge in [-0.15, -0.1) is 6.58 Å². The fourth-order valence-corrected chi connectivity index (χ4v) is 1.26. The minimum absolute atomic E-state index is 0.381. The number of anilines is 1. The van der Waals surface area contributed by atoms with Crippen molar-refractivity contribution in [3.63, 3.8) is 0 Å². The summed E-state index contributed by atoms with van der Waals surface area (Å²) in [7, 11) is 0. The Morgan fingerprint density at radius 3 is 3.00 bits per heavy atom. The zero-order chi connectivity index (χ0) is 9.68. The summed E-state index contributed by atoms with van der Waals surface area (Å²) in [6.45, 7) is 5.79. The van der Waals surface area contributed by atoms with Crippen LogP contribution in [0.3, 0.4) is 0 Å². The van der Waals surface area contributed by atoms with Crippen molar-refractivity contribution in [2.75, 3.05) is 5.32 Å². The summed E-state index contributed by atoms with van der Waals surface area (Å²) in [6.07, 6.45) is 4.62. The van der Waals surface area contributed by atoms with Gasteiger partial charge in [-0.05, 0) is 41.4 Å². The molecule has 0 radical (unpaired) electrons. The van der Waals surface area contributed by atoms with Crippen LogP contribution in [0.2, 0.25) is 0 Å². The average Bonchev–Trinajstić information content (AvgIpc) is 2.09. The van der Waals surface area contributed by atoms with Crippen molar-refractivity contribution >= 4 is 21.7 Å². The third-order valence-corrected chi connectivity index (χ3v) is 2.11. The Bertz CT molecular complexity index is 269. The van der Waals surface area contributed by atoms with Crippen molar-refractivity contribution < 1.29 is 0 Å². The summed E-state index contributed by atoms with van der Waals surface area (Å²) in [5.74, 6) is 0.901. The molecule has 1 aromatic heterocycles. The van der Waals surface area contributed by atoms with Gasteiger partial charge in [-0.3, -0.25) is 0 Å². The smallest absolute Gasteiger partial charge is 0.126 e. The molecule has 0 saturated heterocycles. The van der Waals surface area contributed by atoms with E-state index in [0.717, 1.165) is 16.7 Å². The summed E-state index contributed by atoms with van der Waals surface area (Å²) in [5, 5.41) is 3.27. The molecule has 0 amide bonds. The van der Waals surface area contributed by atoms with Crippen molar-refractivity contribution in [2.24, 2.45) is 0 Å². The van der Waals surface area contributed by atoms with Gasteiger partial charge >= 0.3 is 0 Å². The van der Waals surface area contributed by atoms with Gasteiger partial charge in [-0.25, -0.2) is 4.98 Å². The van der Waals surface area contributed by atoms with E-state index >= 15 is 0 Å². The lowest BCUT2D eigenvalue weighted by atomic mass is 10.2. The minimum Gasteiger partial charge on any atom is -0.367 e. The molecule has 1 aromatic rings. The Kier molecular flexibility index (Phi) is 3.96. The van der Waals surface area contributed by atoms with Crippen LogP contribution in [0.1, 0.15) is 13.3 Å². The van der Waals surface area contributed by atoms with Crippen molar-refractivity contribution in [3.8, 4) is 0 Å². The highest BCUT2D eigenvalue weighted by Gasteiger charge is 1.99. The molecule has 1 rings (SSSR count). The molecule has 0 aromatic carbocycles. The summed E-state index contributed by atoms with van der Waals surface area (Å²) in [5.41, 5.74) is 0. The van der Waals surface area contributed by atoms with Gasteiger partial charge in [0.05, 0.1) is 0 Å². The molecule has 1 atom stereocenters. The van der Waals surface area contributed by atoms with Crippen LogP contribution in [0.15, 0.2) is 35.5 Å². The number of nitrogens with zero attached hydrogens (tertiary/aromatic N) is 1. The highest BCUT2D eigenvalue weighted by atomic mass is 79.9. The first kappa shape index (κ1) is 10.3. The van der Waals surface area contributed by atoms with Crippen LogP contribution in [0.5, 0.6) is 0 Å². The molecule has 1 heterocycles. The molecule has 13 heavy (non-hydrogen) atoms. The number of rotatable bonds is 4. The molecule has 0 spiro atoms. The first-order valence-electron chi connectivity index (χ1n) is 4.21. The topological polar surface area (TPSA) is 24.9 Å². The largest absolute Gasteiger partial charge is 0.367 e. The molecule has 0 aliphatic carbocycles. The highest BCUT2D eigenvalue weighted by Crippen LogP contribution is 2.11. The average molecular weight is 241 g/mol. The summed E-state index contributed by atoms with van der Waals surface area (Å²) < 4.78 is 0.995. The fourth-order valence-electron chi connectivity index (χ4n) is 1.02. The Morgan fingerprint density at radius 2 is 2.46 bits per heavy atom. The van der Waals surface area contributed by atoms with E-state index in [0.29, 0.717) is 6.04 Å². The molecule has 70 valence electrons. The number of aromatic nitrogens is 1. The minimum atomic E-state index is 0.381. The highest BCUT2D eigenvalue weighted by molar-refractivity contribution is 9.10. The number of nitrogens with one attached hydrogen (secondary N) is 1. The lowest BCUT2D eigenvalue weighted by Crippen LogP contribution is -2.14. The number of halogens is 1. The van der Waals surface area contributed by atoms with Crippen LogP contribution in [0.25, 0.3) is 0 Å². The molecular formula is C10H13BrN2. The first-order chi connectivity index (χ1) is 6.22. The van der Waals surface area contributed by atoms with E-state index in [1.807, 2.05) is 18.2 Å². The van der Waals surface area contributed by atoms with Crippen LogP contribution in [-0.2, 0) is 0 Å². The molecule has 0 fully saturated rings. The van der Waals surface area contributed by atoms with E-state index < -0.39 is 0 Å². The van der Waals surface area contributed by atoms with Crippen molar-refractivity contribution in [2.45, 2.75) is 19.4 Å². The summed E-state index contributed by atoms with van der Waals surface area (Å²) in [6, 6.07) is 4.30. The quantitative estimate of drug-likeness (QED) is 0.818. The Morgan fingerprint density at radius 1 is 1.69 bits per heavy atom. The standard InChI is InChI=1S/C10H13BrN2/c1-3-4-8(2)13-10-6-5-9(11)7-12-10/h3,5-8H,1,4H2,2H3,(H,12,13). The fraction of sp³-hybridized carbons (Fsp3) is 0.300. The van der Waals surface area contributed by atoms with Crippen molar-refractivity contribution in [3.05, 3.63) is 35.5 Å². The van der Waals surface area contributed by atoms with Crippen LogP contribution < -0.4 is 5.32 Å². The van der Waals surface area contributed by atoms with Crippen molar-refractivity contribution in [1.29, 1.82) is 0 Å². The van der Waals surface area contributed by atoms with E-state index in [4.69, 9.17) is 0 Å². The van der Waals surface area contributed by atoms with Crippen LogP contribution in [0, 0.1) is 0 Å². The van der Waals surface area contributed by atoms with Crippen LogP contribution in [0.4, 0.5) is 5.82 Å². The van der Waals surface area contributed by atoms with Gasteiger partial charge in [0.1, 0.15) is 5.82 Å². The lowest BCUT2D eigenvalue weighted by molar-refractivity contribution is 0.807. The van der Waals surface area contributed by atoms with Crippen LogP contribution in [-0.4, -0.2) is 11.0 Å². The maximum atomic E-state index is 4.21. The maximum absolute atomic E-state index is 4.21. The lowest BCUT2D eigenvalue weighted by Gasteiger charge is -2.11. The molecular weight excluding hydrogens is 228 g/mol. The third-order valence-electron chi connectivity index (χ3n) is 1.64. The Balaban J connectivity index is 2.53. The maximum Gasteiger partial charge on any atom is 0.126 e. The van der Waals surface area contributed by atoms with Gasteiger partial charge in [0.2, 0.25) is 0 Å². The van der Waals surface area contributed by atoms with Gasteiger partial charge in [0, 0.05) is 16.7 Å². The van der Waals surface area contributed by atoms with Gasteiger partial charge in [-0.2, -0.15) is 0 Å².